The summed E-state index contributed by atoms with van der Waals surface area (Å²) in [5.74, 6) is 1.81. The van der Waals surface area contributed by atoms with Crippen molar-refractivity contribution in [2.75, 3.05) is 13.2 Å². The van der Waals surface area contributed by atoms with Crippen LogP contribution in [0.25, 0.3) is 11.1 Å². The Hall–Kier alpha value is -3.14. The summed E-state index contributed by atoms with van der Waals surface area (Å²) in [7, 11) is 0. The molecule has 0 radical (unpaired) electrons. The van der Waals surface area contributed by atoms with Crippen molar-refractivity contribution < 1.29 is 9.47 Å². The molecule has 3 rings (SSSR count). The first-order valence-corrected chi connectivity index (χ1v) is 13.8. The van der Waals surface area contributed by atoms with Gasteiger partial charge in [0.1, 0.15) is 11.5 Å². The van der Waals surface area contributed by atoms with E-state index < -0.39 is 0 Å². The van der Waals surface area contributed by atoms with Crippen LogP contribution in [0.4, 0.5) is 11.4 Å². The number of benzene rings is 3. The van der Waals surface area contributed by atoms with E-state index >= 15 is 0 Å². The lowest BCUT2D eigenvalue weighted by molar-refractivity contribution is 0.304. The van der Waals surface area contributed by atoms with Gasteiger partial charge in [-0.3, -0.25) is 0 Å². The van der Waals surface area contributed by atoms with Crippen molar-refractivity contribution in [2.24, 2.45) is 10.2 Å². The molecule has 0 fully saturated rings. The van der Waals surface area contributed by atoms with Crippen molar-refractivity contribution in [3.63, 3.8) is 0 Å². The summed E-state index contributed by atoms with van der Waals surface area (Å²) in [6, 6.07) is 24.2. The Balaban J connectivity index is 1.39. The summed E-state index contributed by atoms with van der Waals surface area (Å²) in [5, 5.41) is 8.75. The van der Waals surface area contributed by atoms with E-state index in [1.54, 1.807) is 0 Å². The number of nitrogens with zero attached hydrogens (tertiary/aromatic N) is 2. The Morgan fingerprint density at radius 3 is 1.36 bits per heavy atom. The van der Waals surface area contributed by atoms with Crippen molar-refractivity contribution in [1.82, 2.24) is 0 Å². The SMILES string of the molecule is CCCCCCCCCCOc1ccc(N=Nc2ccc(-c3ccc(OCCCC)cc3)cc2)cc1. The van der Waals surface area contributed by atoms with Gasteiger partial charge in [-0.1, -0.05) is 89.5 Å². The molecule has 4 heteroatoms. The van der Waals surface area contributed by atoms with Crippen molar-refractivity contribution in [2.45, 2.75) is 78.1 Å². The fraction of sp³-hybridized carbons (Fsp3) is 0.438. The second-order valence-electron chi connectivity index (χ2n) is 9.29. The van der Waals surface area contributed by atoms with Crippen molar-refractivity contribution in [1.29, 1.82) is 0 Å². The van der Waals surface area contributed by atoms with Gasteiger partial charge in [-0.05, 0) is 72.5 Å². The van der Waals surface area contributed by atoms with E-state index in [2.05, 4.69) is 48.3 Å². The maximum Gasteiger partial charge on any atom is 0.119 e. The quantitative estimate of drug-likeness (QED) is 0.141. The molecule has 0 aliphatic rings. The highest BCUT2D eigenvalue weighted by molar-refractivity contribution is 5.66. The molecular weight excluding hydrogens is 444 g/mol. The monoisotopic (exact) mass is 486 g/mol. The van der Waals surface area contributed by atoms with Crippen LogP contribution in [0.2, 0.25) is 0 Å². The summed E-state index contributed by atoms with van der Waals surface area (Å²) < 4.78 is 11.6. The van der Waals surface area contributed by atoms with Crippen LogP contribution in [0.1, 0.15) is 78.1 Å². The smallest absolute Gasteiger partial charge is 0.119 e. The molecule has 192 valence electrons. The normalized spacial score (nSPS) is 11.2. The molecule has 0 heterocycles. The third-order valence-electron chi connectivity index (χ3n) is 6.21. The number of azo groups is 1. The van der Waals surface area contributed by atoms with Crippen molar-refractivity contribution in [3.05, 3.63) is 72.8 Å². The van der Waals surface area contributed by atoms with Crippen LogP contribution in [-0.2, 0) is 0 Å². The third kappa shape index (κ3) is 10.2. The van der Waals surface area contributed by atoms with E-state index in [9.17, 15) is 0 Å². The van der Waals surface area contributed by atoms with Crippen LogP contribution in [-0.4, -0.2) is 13.2 Å². The first-order chi connectivity index (χ1) is 17.8. The zero-order valence-electron chi connectivity index (χ0n) is 22.1. The van der Waals surface area contributed by atoms with E-state index in [4.69, 9.17) is 9.47 Å². The molecule has 0 aliphatic heterocycles. The number of unbranched alkanes of at least 4 members (excludes halogenated alkanes) is 8. The summed E-state index contributed by atoms with van der Waals surface area (Å²) >= 11 is 0. The maximum absolute atomic E-state index is 5.88. The van der Waals surface area contributed by atoms with Gasteiger partial charge >= 0.3 is 0 Å². The molecule has 0 spiro atoms. The molecule has 0 amide bonds. The predicted molar refractivity (Wildman–Crippen MR) is 151 cm³/mol. The summed E-state index contributed by atoms with van der Waals surface area (Å²) in [4.78, 5) is 0. The van der Waals surface area contributed by atoms with Crippen LogP contribution in [0.3, 0.4) is 0 Å². The molecule has 0 bridgehead atoms. The molecule has 0 N–H and O–H groups in total. The maximum atomic E-state index is 5.88. The minimum atomic E-state index is 0.768. The average Bonchev–Trinajstić information content (AvgIpc) is 2.92. The lowest BCUT2D eigenvalue weighted by atomic mass is 10.1. The molecule has 3 aromatic rings. The first-order valence-electron chi connectivity index (χ1n) is 13.8. The molecule has 0 saturated heterocycles. The van der Waals surface area contributed by atoms with Gasteiger partial charge in [0.2, 0.25) is 0 Å². The van der Waals surface area contributed by atoms with Gasteiger partial charge in [-0.15, -0.1) is 0 Å². The topological polar surface area (TPSA) is 43.2 Å². The Labute approximate surface area is 217 Å². The number of rotatable bonds is 17. The molecular formula is C32H42N2O2. The Kier molecular flexibility index (Phi) is 12.6. The molecule has 3 aromatic carbocycles. The molecule has 4 nitrogen and oxygen atoms in total. The minimum Gasteiger partial charge on any atom is -0.494 e. The van der Waals surface area contributed by atoms with E-state index in [0.717, 1.165) is 66.5 Å². The van der Waals surface area contributed by atoms with Crippen LogP contribution in [0.15, 0.2) is 83.0 Å². The fourth-order valence-corrected chi connectivity index (χ4v) is 3.95. The Morgan fingerprint density at radius 2 is 0.833 bits per heavy atom. The zero-order chi connectivity index (χ0) is 25.3. The van der Waals surface area contributed by atoms with Crippen LogP contribution in [0, 0.1) is 0 Å². The second kappa shape index (κ2) is 16.5. The number of ether oxygens (including phenoxy) is 2. The van der Waals surface area contributed by atoms with Gasteiger partial charge in [-0.2, -0.15) is 10.2 Å². The highest BCUT2D eigenvalue weighted by Crippen LogP contribution is 2.26. The average molecular weight is 487 g/mol. The number of hydrogen-bond donors (Lipinski definition) is 0. The van der Waals surface area contributed by atoms with Crippen LogP contribution >= 0.6 is 0 Å². The highest BCUT2D eigenvalue weighted by atomic mass is 16.5. The van der Waals surface area contributed by atoms with E-state index in [1.807, 2.05) is 48.5 Å². The summed E-state index contributed by atoms with van der Waals surface area (Å²) in [5.41, 5.74) is 3.95. The van der Waals surface area contributed by atoms with Crippen molar-refractivity contribution >= 4 is 11.4 Å². The molecule has 36 heavy (non-hydrogen) atoms. The molecule has 0 atom stereocenters. The second-order valence-corrected chi connectivity index (χ2v) is 9.29. The van der Waals surface area contributed by atoms with E-state index in [0.29, 0.717) is 0 Å². The van der Waals surface area contributed by atoms with Crippen molar-refractivity contribution in [3.8, 4) is 22.6 Å². The predicted octanol–water partition coefficient (Wildman–Crippen LogP) is 10.5. The third-order valence-corrected chi connectivity index (χ3v) is 6.21. The lowest BCUT2D eigenvalue weighted by Crippen LogP contribution is -1.96. The summed E-state index contributed by atoms with van der Waals surface area (Å²) in [6.07, 6.45) is 12.7. The zero-order valence-corrected chi connectivity index (χ0v) is 22.1. The Bertz CT molecular complexity index is 996. The largest absolute Gasteiger partial charge is 0.494 e. The molecule has 0 aromatic heterocycles. The molecule has 0 unspecified atom stereocenters. The van der Waals surface area contributed by atoms with E-state index in [-0.39, 0.29) is 0 Å². The summed E-state index contributed by atoms with van der Waals surface area (Å²) in [6.45, 7) is 5.97. The fourth-order valence-electron chi connectivity index (χ4n) is 3.95. The number of hydrogen-bond acceptors (Lipinski definition) is 4. The highest BCUT2D eigenvalue weighted by Gasteiger charge is 2.01. The Morgan fingerprint density at radius 1 is 0.444 bits per heavy atom. The molecule has 0 aliphatic carbocycles. The van der Waals surface area contributed by atoms with Gasteiger partial charge in [0, 0.05) is 0 Å². The van der Waals surface area contributed by atoms with Gasteiger partial charge < -0.3 is 9.47 Å². The van der Waals surface area contributed by atoms with Gasteiger partial charge in [-0.25, -0.2) is 0 Å². The minimum absolute atomic E-state index is 0.768. The standard InChI is InChI=1S/C32H42N2O2/c1-3-5-7-8-9-10-11-12-26-36-32-23-19-30(20-24-32)34-33-29-17-13-27(14-18-29)28-15-21-31(22-16-28)35-25-6-4-2/h13-24H,3-12,25-26H2,1-2H3. The van der Waals surface area contributed by atoms with Crippen LogP contribution < -0.4 is 9.47 Å². The van der Waals surface area contributed by atoms with Gasteiger partial charge in [0.05, 0.1) is 24.6 Å². The van der Waals surface area contributed by atoms with E-state index in [1.165, 1.54) is 44.9 Å². The van der Waals surface area contributed by atoms with Gasteiger partial charge in [0.25, 0.3) is 0 Å². The van der Waals surface area contributed by atoms with Crippen LogP contribution in [0.5, 0.6) is 11.5 Å². The first kappa shape index (κ1) is 27.4. The molecule has 0 saturated carbocycles. The van der Waals surface area contributed by atoms with Gasteiger partial charge in [0.15, 0.2) is 0 Å². The lowest BCUT2D eigenvalue weighted by Gasteiger charge is -2.07.